The second-order valence-electron chi connectivity index (χ2n) is 9.22. The fraction of sp³-hybridized carbons (Fsp3) is 1.00. The maximum atomic E-state index is 6.98. The molecule has 0 aromatic carbocycles. The highest BCUT2D eigenvalue weighted by Gasteiger charge is 2.93. The van der Waals surface area contributed by atoms with Crippen LogP contribution in [0.3, 0.4) is 0 Å². The zero-order valence-corrected chi connectivity index (χ0v) is 17.9. The summed E-state index contributed by atoms with van der Waals surface area (Å²) in [5.41, 5.74) is 0.856. The van der Waals surface area contributed by atoms with Crippen molar-refractivity contribution in [3.63, 3.8) is 0 Å². The molecule has 120 valence electrons. The van der Waals surface area contributed by atoms with Crippen LogP contribution < -0.4 is 0 Å². The Kier molecular flexibility index (Phi) is 2.94. The minimum Gasteiger partial charge on any atom is -0.100 e. The number of rotatable bonds is 0. The predicted octanol–water partition coefficient (Wildman–Crippen LogP) is 6.91. The van der Waals surface area contributed by atoms with Crippen LogP contribution in [-0.2, 0) is 0 Å². The third kappa shape index (κ3) is 1.40. The van der Waals surface area contributed by atoms with Gasteiger partial charge in [-0.1, -0.05) is 66.0 Å². The summed E-state index contributed by atoms with van der Waals surface area (Å²) in [6.07, 6.45) is 6.13. The summed E-state index contributed by atoms with van der Waals surface area (Å²) in [5, 5.41) is 0. The molecule has 0 bridgehead atoms. The van der Waals surface area contributed by atoms with Gasteiger partial charge in [-0.3, -0.25) is 0 Å². The summed E-state index contributed by atoms with van der Waals surface area (Å²) in [6.45, 7) is 9.69. The van der Waals surface area contributed by atoms with Crippen LogP contribution in [0.15, 0.2) is 0 Å². The predicted molar refractivity (Wildman–Crippen MR) is 97.5 cm³/mol. The molecule has 0 amide bonds. The van der Waals surface area contributed by atoms with E-state index >= 15 is 0 Å². The van der Waals surface area contributed by atoms with Crippen molar-refractivity contribution in [1.29, 1.82) is 0 Å². The first-order valence-electron chi connectivity index (χ1n) is 8.16. The van der Waals surface area contributed by atoms with E-state index in [1.807, 2.05) is 0 Å². The molecule has 4 aliphatic carbocycles. The summed E-state index contributed by atoms with van der Waals surface area (Å²) in [5.74, 6) is 1.22. The second-order valence-corrected chi connectivity index (χ2v) is 14.1. The van der Waals surface area contributed by atoms with Crippen LogP contribution in [0.4, 0.5) is 0 Å². The Hall–Kier alpha value is 1.54. The van der Waals surface area contributed by atoms with E-state index in [1.165, 1.54) is 32.1 Å². The molecule has 4 saturated carbocycles. The molecule has 0 aromatic heterocycles. The van der Waals surface area contributed by atoms with Crippen LogP contribution in [-0.4, -0.2) is 7.57 Å². The van der Waals surface area contributed by atoms with Crippen LogP contribution in [0.2, 0.25) is 0 Å². The molecule has 0 heterocycles. The van der Waals surface area contributed by atoms with Gasteiger partial charge in [-0.2, -0.15) is 0 Å². The van der Waals surface area contributed by atoms with Crippen molar-refractivity contribution in [3.05, 3.63) is 0 Å². The summed E-state index contributed by atoms with van der Waals surface area (Å²) in [7, 11) is 0. The van der Waals surface area contributed by atoms with Crippen LogP contribution in [0.25, 0.3) is 0 Å². The molecule has 5 atom stereocenters. The van der Waals surface area contributed by atoms with E-state index < -0.39 is 4.33 Å². The summed E-state index contributed by atoms with van der Waals surface area (Å²) < 4.78 is -0.460. The maximum absolute atomic E-state index is 6.98. The number of hydrogen-bond donors (Lipinski definition) is 0. The highest BCUT2D eigenvalue weighted by atomic mass is 79.9. The molecular weight excluding hydrogens is 435 g/mol. The molecule has 4 fully saturated rings. The largest absolute Gasteiger partial charge is 0.130 e. The quantitative estimate of drug-likeness (QED) is 0.346. The van der Waals surface area contributed by atoms with Crippen molar-refractivity contribution >= 4 is 55.1 Å². The molecule has 4 rings (SSSR count). The zero-order valence-electron chi connectivity index (χ0n) is 13.2. The molecule has 4 heteroatoms. The maximum Gasteiger partial charge on any atom is 0.130 e. The van der Waals surface area contributed by atoms with Gasteiger partial charge in [0.25, 0.3) is 0 Å². The molecule has 0 aliphatic heterocycles. The second kappa shape index (κ2) is 3.86. The van der Waals surface area contributed by atoms with E-state index in [4.69, 9.17) is 23.2 Å². The first kappa shape index (κ1) is 16.0. The molecule has 0 aromatic rings. The van der Waals surface area contributed by atoms with E-state index in [0.29, 0.717) is 22.7 Å². The lowest BCUT2D eigenvalue weighted by Gasteiger charge is -2.45. The van der Waals surface area contributed by atoms with Crippen molar-refractivity contribution in [2.75, 3.05) is 0 Å². The minimum absolute atomic E-state index is 0.0795. The molecule has 21 heavy (non-hydrogen) atoms. The van der Waals surface area contributed by atoms with Crippen molar-refractivity contribution in [2.45, 2.75) is 67.4 Å². The van der Waals surface area contributed by atoms with E-state index in [9.17, 15) is 0 Å². The number of hydrogen-bond acceptors (Lipinski definition) is 0. The van der Waals surface area contributed by atoms with Gasteiger partial charge in [0.2, 0.25) is 0 Å². The van der Waals surface area contributed by atoms with Crippen LogP contribution >= 0.6 is 55.1 Å². The van der Waals surface area contributed by atoms with Crippen LogP contribution in [0.1, 0.15) is 59.8 Å². The molecule has 0 unspecified atom stereocenters. The topological polar surface area (TPSA) is 0 Å². The van der Waals surface area contributed by atoms with Crippen molar-refractivity contribution in [3.8, 4) is 0 Å². The Morgan fingerprint density at radius 1 is 0.857 bits per heavy atom. The third-order valence-corrected chi connectivity index (χ3v) is 12.5. The molecule has 1 spiro atoms. The van der Waals surface area contributed by atoms with Gasteiger partial charge in [-0.25, -0.2) is 0 Å². The Morgan fingerprint density at radius 3 is 2.10 bits per heavy atom. The molecular formula is C17H24Br2Cl2. The van der Waals surface area contributed by atoms with Crippen molar-refractivity contribution in [1.82, 2.24) is 0 Å². The third-order valence-electron chi connectivity index (χ3n) is 8.17. The van der Waals surface area contributed by atoms with Gasteiger partial charge in [-0.05, 0) is 48.3 Å². The number of fused-ring (bicyclic) bond motifs is 2. The first-order chi connectivity index (χ1) is 9.40. The van der Waals surface area contributed by atoms with E-state index in [2.05, 4.69) is 59.6 Å². The summed E-state index contributed by atoms with van der Waals surface area (Å²) >= 11 is 22.0. The standard InChI is InChI=1S/C17H24Br2Cl2/c1-12(2)6-5-7-14(4)15(17(14,20)21)9-8-13(3)11(10(12)15)16(13,18)19/h10-11H,5-9H2,1-4H3/t10-,11+,13-,14-,15+/m1/s1. The fourth-order valence-electron chi connectivity index (χ4n) is 6.73. The molecule has 4 aliphatic rings. The monoisotopic (exact) mass is 456 g/mol. The lowest BCUT2D eigenvalue weighted by Crippen LogP contribution is -2.41. The first-order valence-corrected chi connectivity index (χ1v) is 10.5. The number of halogens is 4. The summed E-state index contributed by atoms with van der Waals surface area (Å²) in [6, 6.07) is 0. The normalized spacial score (nSPS) is 58.3. The van der Waals surface area contributed by atoms with Crippen molar-refractivity contribution in [2.24, 2.45) is 33.5 Å². The van der Waals surface area contributed by atoms with Gasteiger partial charge in [0.05, 0.1) is 3.23 Å². The van der Waals surface area contributed by atoms with Crippen LogP contribution in [0.5, 0.6) is 0 Å². The van der Waals surface area contributed by atoms with Gasteiger partial charge < -0.3 is 0 Å². The van der Waals surface area contributed by atoms with Gasteiger partial charge in [0.15, 0.2) is 0 Å². The molecule has 0 N–H and O–H groups in total. The Labute approximate surface area is 155 Å². The lowest BCUT2D eigenvalue weighted by molar-refractivity contribution is 0.0279. The van der Waals surface area contributed by atoms with Crippen LogP contribution in [0, 0.1) is 33.5 Å². The van der Waals surface area contributed by atoms with Gasteiger partial charge in [-0.15, -0.1) is 23.2 Å². The SMILES string of the molecule is CC1(C)CCC[C@@]2(C)C(Cl)(Cl)[C@]23CC[C@]2(C)[C@H]([C@H]13)C2(Br)Br. The summed E-state index contributed by atoms with van der Waals surface area (Å²) in [4.78, 5) is 0. The van der Waals surface area contributed by atoms with E-state index in [0.717, 1.165) is 0 Å². The molecule has 0 saturated heterocycles. The number of alkyl halides is 4. The fourth-order valence-corrected chi connectivity index (χ4v) is 10.2. The van der Waals surface area contributed by atoms with E-state index in [-0.39, 0.29) is 14.1 Å². The highest BCUT2D eigenvalue weighted by molar-refractivity contribution is 9.25. The Bertz CT molecular complexity index is 529. The molecule has 0 nitrogen and oxygen atoms in total. The van der Waals surface area contributed by atoms with Gasteiger partial charge in [0.1, 0.15) is 4.33 Å². The molecule has 0 radical (unpaired) electrons. The van der Waals surface area contributed by atoms with Crippen molar-refractivity contribution < 1.29 is 0 Å². The van der Waals surface area contributed by atoms with Gasteiger partial charge in [0, 0.05) is 10.8 Å². The lowest BCUT2D eigenvalue weighted by atomic mass is 9.59. The average Bonchev–Trinajstić information content (AvgIpc) is 2.97. The smallest absolute Gasteiger partial charge is 0.100 e. The Balaban J connectivity index is 1.89. The van der Waals surface area contributed by atoms with Gasteiger partial charge >= 0.3 is 0 Å². The minimum atomic E-state index is -0.539. The zero-order chi connectivity index (χ0) is 15.7. The Morgan fingerprint density at radius 2 is 1.48 bits per heavy atom. The average molecular weight is 459 g/mol. The highest BCUT2D eigenvalue weighted by Crippen LogP contribution is 2.94. The van der Waals surface area contributed by atoms with E-state index in [1.54, 1.807) is 0 Å².